The molecule has 4 rings (SSSR count). The van der Waals surface area contributed by atoms with Gasteiger partial charge in [0.15, 0.2) is 6.61 Å². The van der Waals surface area contributed by atoms with Crippen LogP contribution in [0.25, 0.3) is 10.1 Å². The lowest BCUT2D eigenvalue weighted by Gasteiger charge is -2.06. The van der Waals surface area contributed by atoms with Crippen LogP contribution >= 0.6 is 38.9 Å². The summed E-state index contributed by atoms with van der Waals surface area (Å²) in [7, 11) is 0. The number of carbonyl (C=O) groups excluding carboxylic acids is 2. The molecule has 1 heterocycles. The molecule has 0 aliphatic rings. The Morgan fingerprint density at radius 1 is 1.03 bits per heavy atom. The summed E-state index contributed by atoms with van der Waals surface area (Å²) in [5, 5.41) is 5.13. The molecule has 1 amide bonds. The van der Waals surface area contributed by atoms with E-state index in [9.17, 15) is 9.59 Å². The Balaban J connectivity index is 1.30. The number of benzene rings is 3. The Labute approximate surface area is 206 Å². The van der Waals surface area contributed by atoms with Gasteiger partial charge in [0.25, 0.3) is 5.91 Å². The van der Waals surface area contributed by atoms with E-state index >= 15 is 0 Å². The molecule has 0 radical (unpaired) electrons. The van der Waals surface area contributed by atoms with Crippen LogP contribution in [0.15, 0.2) is 82.4 Å². The minimum atomic E-state index is -0.514. The third-order valence-corrected chi connectivity index (χ3v) is 6.72. The van der Waals surface area contributed by atoms with E-state index in [0.29, 0.717) is 27.0 Å². The molecule has 0 saturated heterocycles. The van der Waals surface area contributed by atoms with Gasteiger partial charge < -0.3 is 9.47 Å². The number of esters is 1. The summed E-state index contributed by atoms with van der Waals surface area (Å²) in [5.41, 5.74) is 3.11. The predicted molar refractivity (Wildman–Crippen MR) is 134 cm³/mol. The van der Waals surface area contributed by atoms with Gasteiger partial charge in [-0.15, -0.1) is 11.3 Å². The van der Waals surface area contributed by atoms with Crippen LogP contribution in [-0.2, 0) is 4.79 Å². The van der Waals surface area contributed by atoms with Crippen LogP contribution in [0.1, 0.15) is 15.2 Å². The highest BCUT2D eigenvalue weighted by Gasteiger charge is 2.18. The number of nitrogens with zero attached hydrogens (tertiary/aromatic N) is 1. The second-order valence-electron chi connectivity index (χ2n) is 6.71. The normalized spacial score (nSPS) is 11.0. The Morgan fingerprint density at radius 2 is 1.76 bits per heavy atom. The van der Waals surface area contributed by atoms with Gasteiger partial charge in [-0.05, 0) is 64.0 Å². The Hall–Kier alpha value is -3.20. The number of hydrogen-bond acceptors (Lipinski definition) is 6. The van der Waals surface area contributed by atoms with E-state index < -0.39 is 11.9 Å². The maximum Gasteiger partial charge on any atom is 0.355 e. The number of para-hydroxylation sites is 1. The van der Waals surface area contributed by atoms with Crippen molar-refractivity contribution in [3.8, 4) is 11.5 Å². The van der Waals surface area contributed by atoms with Gasteiger partial charge in [0, 0.05) is 10.1 Å². The third-order valence-electron chi connectivity index (χ3n) is 4.41. The van der Waals surface area contributed by atoms with E-state index in [0.717, 1.165) is 14.6 Å². The maximum absolute atomic E-state index is 12.5. The van der Waals surface area contributed by atoms with Crippen molar-refractivity contribution in [1.29, 1.82) is 0 Å². The Bertz CT molecular complexity index is 1340. The van der Waals surface area contributed by atoms with E-state index in [1.165, 1.54) is 17.6 Å². The lowest BCUT2D eigenvalue weighted by atomic mass is 10.2. The Morgan fingerprint density at radius 3 is 2.52 bits per heavy atom. The van der Waals surface area contributed by atoms with Crippen LogP contribution in [-0.4, -0.2) is 24.7 Å². The lowest BCUT2D eigenvalue weighted by Crippen LogP contribution is -2.24. The second kappa shape index (κ2) is 10.6. The maximum atomic E-state index is 12.5. The molecular weight excluding hydrogens is 528 g/mol. The number of hydrogen-bond donors (Lipinski definition) is 1. The largest absolute Gasteiger partial charge is 0.483 e. The van der Waals surface area contributed by atoms with Gasteiger partial charge in [-0.1, -0.05) is 41.9 Å². The van der Waals surface area contributed by atoms with Crippen molar-refractivity contribution >= 4 is 67.0 Å². The molecule has 0 saturated carbocycles. The van der Waals surface area contributed by atoms with Crippen LogP contribution in [0.5, 0.6) is 11.5 Å². The third kappa shape index (κ3) is 5.78. The quantitative estimate of drug-likeness (QED) is 0.133. The zero-order valence-electron chi connectivity index (χ0n) is 17.0. The van der Waals surface area contributed by atoms with Crippen molar-refractivity contribution in [3.05, 3.63) is 92.7 Å². The first-order chi connectivity index (χ1) is 16.0. The average molecular weight is 544 g/mol. The molecule has 6 nitrogen and oxygen atoms in total. The van der Waals surface area contributed by atoms with Gasteiger partial charge in [0.05, 0.1) is 15.7 Å². The average Bonchev–Trinajstić information content (AvgIpc) is 3.16. The minimum Gasteiger partial charge on any atom is -0.483 e. The summed E-state index contributed by atoms with van der Waals surface area (Å²) in [4.78, 5) is 24.8. The number of fused-ring (bicyclic) bond motifs is 1. The van der Waals surface area contributed by atoms with E-state index in [1.54, 1.807) is 30.3 Å². The van der Waals surface area contributed by atoms with Crippen molar-refractivity contribution in [3.63, 3.8) is 0 Å². The van der Waals surface area contributed by atoms with E-state index in [1.807, 2.05) is 42.5 Å². The topological polar surface area (TPSA) is 77.0 Å². The number of hydrazone groups is 1. The zero-order chi connectivity index (χ0) is 23.2. The summed E-state index contributed by atoms with van der Waals surface area (Å²) in [6.07, 6.45) is 1.48. The molecule has 1 aromatic heterocycles. The fourth-order valence-corrected chi connectivity index (χ4v) is 4.62. The van der Waals surface area contributed by atoms with Gasteiger partial charge in [0.2, 0.25) is 0 Å². The molecule has 3 aromatic carbocycles. The monoisotopic (exact) mass is 542 g/mol. The van der Waals surface area contributed by atoms with E-state index in [-0.39, 0.29) is 6.61 Å². The SMILES string of the molecule is O=C(COc1ccccc1Br)N/N=C\c1ccc(OC(=O)c2sc3ccccc3c2Cl)cc1. The summed E-state index contributed by atoms with van der Waals surface area (Å²) < 4.78 is 12.6. The number of amides is 1. The number of ether oxygens (including phenoxy) is 2. The first kappa shape index (κ1) is 23.0. The molecule has 9 heteroatoms. The molecule has 166 valence electrons. The highest BCUT2D eigenvalue weighted by molar-refractivity contribution is 9.10. The molecule has 0 atom stereocenters. The molecule has 0 aliphatic heterocycles. The van der Waals surface area contributed by atoms with Gasteiger partial charge >= 0.3 is 5.97 Å². The van der Waals surface area contributed by atoms with Crippen LogP contribution in [0.4, 0.5) is 0 Å². The molecule has 0 aliphatic carbocycles. The number of thiophene rings is 1. The van der Waals surface area contributed by atoms with E-state index in [2.05, 4.69) is 26.5 Å². The van der Waals surface area contributed by atoms with Crippen molar-refractivity contribution in [2.24, 2.45) is 5.10 Å². The molecule has 0 unspecified atom stereocenters. The van der Waals surface area contributed by atoms with Crippen molar-refractivity contribution in [2.45, 2.75) is 0 Å². The highest BCUT2D eigenvalue weighted by Crippen LogP contribution is 2.35. The fraction of sp³-hybridized carbons (Fsp3) is 0.0417. The standard InChI is InChI=1S/C24H16BrClN2O4S/c25-18-6-2-3-7-19(18)31-14-21(29)28-27-13-15-9-11-16(12-10-15)32-24(30)23-22(26)17-5-1-4-8-20(17)33-23/h1-13H,14H2,(H,28,29)/b27-13-. The molecular formula is C24H16BrClN2O4S. The summed E-state index contributed by atoms with van der Waals surface area (Å²) in [6.45, 7) is -0.171. The summed E-state index contributed by atoms with van der Waals surface area (Å²) in [5.74, 6) is 0.0305. The summed E-state index contributed by atoms with van der Waals surface area (Å²) >= 11 is 11.0. The smallest absolute Gasteiger partial charge is 0.355 e. The van der Waals surface area contributed by atoms with E-state index in [4.69, 9.17) is 21.1 Å². The molecule has 0 bridgehead atoms. The van der Waals surface area contributed by atoms with Gasteiger partial charge in [-0.3, -0.25) is 4.79 Å². The first-order valence-corrected chi connectivity index (χ1v) is 11.7. The number of halogens is 2. The van der Waals surface area contributed by atoms with Crippen LogP contribution in [0.3, 0.4) is 0 Å². The predicted octanol–water partition coefficient (Wildman–Crippen LogP) is 6.07. The number of rotatable bonds is 7. The second-order valence-corrected chi connectivity index (χ2v) is 9.00. The number of carbonyl (C=O) groups is 2. The van der Waals surface area contributed by atoms with Gasteiger partial charge in [0.1, 0.15) is 16.4 Å². The first-order valence-electron chi connectivity index (χ1n) is 9.70. The minimum absolute atomic E-state index is 0.171. The van der Waals surface area contributed by atoms with Crippen LogP contribution in [0.2, 0.25) is 5.02 Å². The molecule has 33 heavy (non-hydrogen) atoms. The summed E-state index contributed by atoms with van der Waals surface area (Å²) in [6, 6.07) is 21.5. The van der Waals surface area contributed by atoms with Crippen LogP contribution in [0, 0.1) is 0 Å². The Kier molecular flexibility index (Phi) is 7.39. The van der Waals surface area contributed by atoms with Crippen molar-refractivity contribution < 1.29 is 19.1 Å². The number of nitrogens with one attached hydrogen (secondary N) is 1. The molecule has 0 spiro atoms. The van der Waals surface area contributed by atoms with Crippen molar-refractivity contribution in [2.75, 3.05) is 6.61 Å². The fourth-order valence-electron chi connectivity index (χ4n) is 2.84. The van der Waals surface area contributed by atoms with Crippen molar-refractivity contribution in [1.82, 2.24) is 5.43 Å². The van der Waals surface area contributed by atoms with Gasteiger partial charge in [-0.2, -0.15) is 5.10 Å². The molecule has 0 fully saturated rings. The van der Waals surface area contributed by atoms with Crippen LogP contribution < -0.4 is 14.9 Å². The zero-order valence-corrected chi connectivity index (χ0v) is 20.1. The highest BCUT2D eigenvalue weighted by atomic mass is 79.9. The van der Waals surface area contributed by atoms with Gasteiger partial charge in [-0.25, -0.2) is 10.2 Å². The lowest BCUT2D eigenvalue weighted by molar-refractivity contribution is -0.123. The molecule has 1 N–H and O–H groups in total. The molecule has 4 aromatic rings.